The topological polar surface area (TPSA) is 68.0 Å². The average Bonchev–Trinajstić information content (AvgIpc) is 2.91. The summed E-state index contributed by atoms with van der Waals surface area (Å²) in [6.45, 7) is 1.72. The minimum atomic E-state index is -0.278. The lowest BCUT2D eigenvalue weighted by Gasteiger charge is -2.22. The Hall–Kier alpha value is -1.88. The Bertz CT molecular complexity index is 654. The summed E-state index contributed by atoms with van der Waals surface area (Å²) in [6, 6.07) is 1.86. The van der Waals surface area contributed by atoms with Gasteiger partial charge < -0.3 is 9.73 Å². The predicted octanol–water partition coefficient (Wildman–Crippen LogP) is 2.84. The molecular weight excluding hydrogens is 278 g/mol. The normalized spacial score (nSPS) is 17.6. The molecule has 5 nitrogen and oxygen atoms in total. The molecule has 0 fully saturated rings. The molecular formula is C14H14ClN3O2. The number of hydrogen-bond acceptors (Lipinski definition) is 4. The SMILES string of the molecule is Cc1ncc(Cl)c(C(=O)NC2CCCc3occc32)n1. The molecule has 104 valence electrons. The van der Waals surface area contributed by atoms with Gasteiger partial charge in [-0.2, -0.15) is 0 Å². The number of fused-ring (bicyclic) bond motifs is 1. The second kappa shape index (κ2) is 5.25. The zero-order valence-corrected chi connectivity index (χ0v) is 11.8. The lowest BCUT2D eigenvalue weighted by molar-refractivity contribution is 0.0927. The van der Waals surface area contributed by atoms with Gasteiger partial charge >= 0.3 is 0 Å². The smallest absolute Gasteiger partial charge is 0.272 e. The molecule has 2 aromatic rings. The summed E-state index contributed by atoms with van der Waals surface area (Å²) in [7, 11) is 0. The highest BCUT2D eigenvalue weighted by molar-refractivity contribution is 6.33. The summed E-state index contributed by atoms with van der Waals surface area (Å²) in [4.78, 5) is 20.4. The van der Waals surface area contributed by atoms with Crippen LogP contribution in [0.2, 0.25) is 5.02 Å². The third-order valence-electron chi connectivity index (χ3n) is 3.44. The van der Waals surface area contributed by atoms with Crippen LogP contribution in [0.5, 0.6) is 0 Å². The Kier molecular flexibility index (Phi) is 3.44. The first-order valence-electron chi connectivity index (χ1n) is 6.51. The van der Waals surface area contributed by atoms with Crippen LogP contribution in [0, 0.1) is 6.92 Å². The van der Waals surface area contributed by atoms with E-state index in [-0.39, 0.29) is 22.7 Å². The van der Waals surface area contributed by atoms with E-state index in [1.165, 1.54) is 6.20 Å². The first-order valence-corrected chi connectivity index (χ1v) is 6.89. The summed E-state index contributed by atoms with van der Waals surface area (Å²) in [5.74, 6) is 1.19. The maximum atomic E-state index is 12.3. The molecule has 2 heterocycles. The Labute approximate surface area is 121 Å². The average molecular weight is 292 g/mol. The molecule has 1 aliphatic rings. The molecule has 0 saturated carbocycles. The van der Waals surface area contributed by atoms with E-state index in [1.54, 1.807) is 13.2 Å². The highest BCUT2D eigenvalue weighted by atomic mass is 35.5. The van der Waals surface area contributed by atoms with Crippen molar-refractivity contribution in [2.75, 3.05) is 0 Å². The highest BCUT2D eigenvalue weighted by Gasteiger charge is 2.25. The molecule has 0 saturated heterocycles. The molecule has 0 aliphatic heterocycles. The van der Waals surface area contributed by atoms with E-state index >= 15 is 0 Å². The molecule has 1 N–H and O–H groups in total. The molecule has 3 rings (SSSR count). The van der Waals surface area contributed by atoms with Crippen molar-refractivity contribution in [2.24, 2.45) is 0 Å². The number of carbonyl (C=O) groups is 1. The van der Waals surface area contributed by atoms with E-state index in [0.717, 1.165) is 30.6 Å². The first kappa shape index (κ1) is 13.1. The Morgan fingerprint density at radius 2 is 2.40 bits per heavy atom. The van der Waals surface area contributed by atoms with E-state index < -0.39 is 0 Å². The summed E-state index contributed by atoms with van der Waals surface area (Å²) in [5, 5.41) is 3.23. The number of aryl methyl sites for hydroxylation is 2. The van der Waals surface area contributed by atoms with Crippen LogP contribution in [0.4, 0.5) is 0 Å². The summed E-state index contributed by atoms with van der Waals surface area (Å²) >= 11 is 5.98. The number of furan rings is 1. The zero-order valence-electron chi connectivity index (χ0n) is 11.0. The lowest BCUT2D eigenvalue weighted by Crippen LogP contribution is -2.31. The summed E-state index contributed by atoms with van der Waals surface area (Å²) in [5.41, 5.74) is 1.27. The van der Waals surface area contributed by atoms with Gasteiger partial charge in [-0.1, -0.05) is 11.6 Å². The first-order chi connectivity index (χ1) is 9.65. The number of nitrogens with zero attached hydrogens (tertiary/aromatic N) is 2. The van der Waals surface area contributed by atoms with Crippen molar-refractivity contribution in [2.45, 2.75) is 32.2 Å². The van der Waals surface area contributed by atoms with Crippen molar-refractivity contribution in [3.63, 3.8) is 0 Å². The van der Waals surface area contributed by atoms with Crippen molar-refractivity contribution in [3.05, 3.63) is 46.4 Å². The van der Waals surface area contributed by atoms with Gasteiger partial charge in [-0.15, -0.1) is 0 Å². The number of nitrogens with one attached hydrogen (secondary N) is 1. The van der Waals surface area contributed by atoms with E-state index in [9.17, 15) is 4.79 Å². The Balaban J connectivity index is 1.82. The van der Waals surface area contributed by atoms with Crippen molar-refractivity contribution in [3.8, 4) is 0 Å². The molecule has 0 aromatic carbocycles. The molecule has 20 heavy (non-hydrogen) atoms. The predicted molar refractivity (Wildman–Crippen MR) is 73.6 cm³/mol. The molecule has 0 bridgehead atoms. The van der Waals surface area contributed by atoms with Gasteiger partial charge in [-0.3, -0.25) is 4.79 Å². The minimum absolute atomic E-state index is 0.0451. The van der Waals surface area contributed by atoms with Crippen LogP contribution in [0.25, 0.3) is 0 Å². The van der Waals surface area contributed by atoms with Crippen molar-refractivity contribution >= 4 is 17.5 Å². The molecule has 1 aliphatic carbocycles. The maximum Gasteiger partial charge on any atom is 0.272 e. The van der Waals surface area contributed by atoms with Gasteiger partial charge in [0.1, 0.15) is 17.3 Å². The van der Waals surface area contributed by atoms with Crippen molar-refractivity contribution in [1.82, 2.24) is 15.3 Å². The fourth-order valence-corrected chi connectivity index (χ4v) is 2.65. The quantitative estimate of drug-likeness (QED) is 0.924. The highest BCUT2D eigenvalue weighted by Crippen LogP contribution is 2.30. The molecule has 1 unspecified atom stereocenters. The number of halogens is 1. The van der Waals surface area contributed by atoms with Crippen LogP contribution >= 0.6 is 11.6 Å². The zero-order chi connectivity index (χ0) is 14.1. The largest absolute Gasteiger partial charge is 0.469 e. The van der Waals surface area contributed by atoms with E-state index in [2.05, 4.69) is 15.3 Å². The number of carbonyl (C=O) groups excluding carboxylic acids is 1. The Morgan fingerprint density at radius 3 is 3.25 bits per heavy atom. The van der Waals surface area contributed by atoms with Crippen molar-refractivity contribution in [1.29, 1.82) is 0 Å². The third-order valence-corrected chi connectivity index (χ3v) is 3.71. The second-order valence-corrected chi connectivity index (χ2v) is 5.24. The molecule has 2 aromatic heterocycles. The number of aromatic nitrogens is 2. The van der Waals surface area contributed by atoms with Crippen LogP contribution in [-0.4, -0.2) is 15.9 Å². The van der Waals surface area contributed by atoms with Gasteiger partial charge in [0.25, 0.3) is 5.91 Å². The maximum absolute atomic E-state index is 12.3. The van der Waals surface area contributed by atoms with Crippen LogP contribution in [0.3, 0.4) is 0 Å². The molecule has 1 atom stereocenters. The molecule has 0 spiro atoms. The van der Waals surface area contributed by atoms with Crippen LogP contribution < -0.4 is 5.32 Å². The minimum Gasteiger partial charge on any atom is -0.469 e. The van der Waals surface area contributed by atoms with Gasteiger partial charge in [-0.05, 0) is 25.8 Å². The van der Waals surface area contributed by atoms with Gasteiger partial charge in [-0.25, -0.2) is 9.97 Å². The molecule has 0 radical (unpaired) electrons. The van der Waals surface area contributed by atoms with Gasteiger partial charge in [0.2, 0.25) is 0 Å². The number of amides is 1. The van der Waals surface area contributed by atoms with Gasteiger partial charge in [0.15, 0.2) is 0 Å². The fraction of sp³-hybridized carbons (Fsp3) is 0.357. The van der Waals surface area contributed by atoms with E-state index in [0.29, 0.717) is 5.82 Å². The third kappa shape index (κ3) is 2.41. The lowest BCUT2D eigenvalue weighted by atomic mass is 9.93. The summed E-state index contributed by atoms with van der Waals surface area (Å²) < 4.78 is 5.41. The van der Waals surface area contributed by atoms with Crippen LogP contribution in [0.15, 0.2) is 22.9 Å². The van der Waals surface area contributed by atoms with Gasteiger partial charge in [0, 0.05) is 12.0 Å². The van der Waals surface area contributed by atoms with E-state index in [4.69, 9.17) is 16.0 Å². The fourth-order valence-electron chi connectivity index (χ4n) is 2.48. The second-order valence-electron chi connectivity index (χ2n) is 4.83. The van der Waals surface area contributed by atoms with Crippen LogP contribution in [0.1, 0.15) is 46.5 Å². The monoisotopic (exact) mass is 291 g/mol. The number of rotatable bonds is 2. The van der Waals surface area contributed by atoms with Gasteiger partial charge in [0.05, 0.1) is 23.5 Å². The standard InChI is InChI=1S/C14H14ClN3O2/c1-8-16-7-10(15)13(17-8)14(19)18-11-3-2-4-12-9(11)5-6-20-12/h5-7,11H,2-4H2,1H3,(H,18,19). The molecule has 6 heteroatoms. The van der Waals surface area contributed by atoms with Crippen molar-refractivity contribution < 1.29 is 9.21 Å². The molecule has 1 amide bonds. The number of hydrogen-bond donors (Lipinski definition) is 1. The van der Waals surface area contributed by atoms with E-state index in [1.807, 2.05) is 6.07 Å². The van der Waals surface area contributed by atoms with Crippen LogP contribution in [-0.2, 0) is 6.42 Å². The Morgan fingerprint density at radius 1 is 1.55 bits per heavy atom. The summed E-state index contributed by atoms with van der Waals surface area (Å²) in [6.07, 6.45) is 5.91.